The summed E-state index contributed by atoms with van der Waals surface area (Å²) in [6.45, 7) is 5.04. The summed E-state index contributed by atoms with van der Waals surface area (Å²) in [4.78, 5) is 1.12. The first kappa shape index (κ1) is 15.7. The first-order valence-electron chi connectivity index (χ1n) is 6.67. The SMILES string of the molecule is CCCc1nnsc1C(NCC)c1cccc(Cl)c1Cl. The molecule has 1 aromatic heterocycles. The van der Waals surface area contributed by atoms with Crippen molar-refractivity contribution in [2.75, 3.05) is 6.54 Å². The average molecular weight is 330 g/mol. The minimum Gasteiger partial charge on any atom is -0.306 e. The summed E-state index contributed by atoms with van der Waals surface area (Å²) in [5.41, 5.74) is 2.02. The Kier molecular flexibility index (Phi) is 5.78. The van der Waals surface area contributed by atoms with E-state index in [1.807, 2.05) is 12.1 Å². The fourth-order valence-electron chi connectivity index (χ4n) is 2.14. The van der Waals surface area contributed by atoms with E-state index in [9.17, 15) is 0 Å². The molecule has 0 amide bonds. The molecule has 108 valence electrons. The van der Waals surface area contributed by atoms with E-state index in [1.165, 1.54) is 11.5 Å². The van der Waals surface area contributed by atoms with Crippen LogP contribution in [0.4, 0.5) is 0 Å². The van der Waals surface area contributed by atoms with Gasteiger partial charge < -0.3 is 5.32 Å². The Morgan fingerprint density at radius 1 is 1.30 bits per heavy atom. The number of aromatic nitrogens is 2. The number of nitrogens with one attached hydrogen (secondary N) is 1. The minimum atomic E-state index is -0.00671. The summed E-state index contributed by atoms with van der Waals surface area (Å²) < 4.78 is 4.10. The van der Waals surface area contributed by atoms with Crippen LogP contribution < -0.4 is 5.32 Å². The molecule has 6 heteroatoms. The van der Waals surface area contributed by atoms with Gasteiger partial charge in [-0.2, -0.15) is 0 Å². The second-order valence-corrected chi connectivity index (χ2v) is 6.04. The normalized spacial score (nSPS) is 12.6. The summed E-state index contributed by atoms with van der Waals surface area (Å²) >= 11 is 13.9. The number of hydrogen-bond donors (Lipinski definition) is 1. The number of aryl methyl sites for hydroxylation is 1. The quantitative estimate of drug-likeness (QED) is 0.848. The molecular weight excluding hydrogens is 313 g/mol. The van der Waals surface area contributed by atoms with E-state index >= 15 is 0 Å². The number of rotatable bonds is 6. The molecule has 0 bridgehead atoms. The van der Waals surface area contributed by atoms with Gasteiger partial charge in [-0.25, -0.2) is 0 Å². The van der Waals surface area contributed by atoms with Crippen LogP contribution in [0.15, 0.2) is 18.2 Å². The Morgan fingerprint density at radius 3 is 2.80 bits per heavy atom. The highest BCUT2D eigenvalue weighted by Gasteiger charge is 2.22. The molecule has 0 saturated heterocycles. The molecule has 1 heterocycles. The predicted molar refractivity (Wildman–Crippen MR) is 85.9 cm³/mol. The van der Waals surface area contributed by atoms with Crippen LogP contribution in [0.5, 0.6) is 0 Å². The van der Waals surface area contributed by atoms with Gasteiger partial charge in [-0.1, -0.05) is 60.1 Å². The lowest BCUT2D eigenvalue weighted by atomic mass is 10.0. The van der Waals surface area contributed by atoms with Crippen LogP contribution in [-0.4, -0.2) is 16.1 Å². The number of halogens is 2. The van der Waals surface area contributed by atoms with Crippen molar-refractivity contribution in [3.05, 3.63) is 44.4 Å². The van der Waals surface area contributed by atoms with Crippen molar-refractivity contribution in [2.45, 2.75) is 32.7 Å². The van der Waals surface area contributed by atoms with E-state index in [1.54, 1.807) is 6.07 Å². The van der Waals surface area contributed by atoms with Crippen LogP contribution in [0.3, 0.4) is 0 Å². The van der Waals surface area contributed by atoms with Gasteiger partial charge >= 0.3 is 0 Å². The third kappa shape index (κ3) is 3.31. The number of nitrogens with zero attached hydrogens (tertiary/aromatic N) is 2. The Bertz CT molecular complexity index is 571. The monoisotopic (exact) mass is 329 g/mol. The Labute approximate surface area is 133 Å². The average Bonchev–Trinajstić information content (AvgIpc) is 2.88. The standard InChI is InChI=1S/C14H17Cl2N3S/c1-3-6-11-14(20-19-18-11)13(17-4-2)9-7-5-8-10(15)12(9)16/h5,7-8,13,17H,3-4,6H2,1-2H3. The molecule has 1 aromatic carbocycles. The van der Waals surface area contributed by atoms with E-state index in [2.05, 4.69) is 28.8 Å². The summed E-state index contributed by atoms with van der Waals surface area (Å²) in [7, 11) is 0. The van der Waals surface area contributed by atoms with Crippen molar-refractivity contribution in [1.82, 2.24) is 14.9 Å². The van der Waals surface area contributed by atoms with Gasteiger partial charge in [-0.05, 0) is 36.1 Å². The molecule has 0 aliphatic carbocycles. The van der Waals surface area contributed by atoms with Crippen molar-refractivity contribution >= 4 is 34.7 Å². The van der Waals surface area contributed by atoms with Crippen molar-refractivity contribution in [3.8, 4) is 0 Å². The maximum atomic E-state index is 6.36. The van der Waals surface area contributed by atoms with Crippen molar-refractivity contribution in [2.24, 2.45) is 0 Å². The molecule has 0 spiro atoms. The lowest BCUT2D eigenvalue weighted by Crippen LogP contribution is -2.22. The number of benzene rings is 1. The highest BCUT2D eigenvalue weighted by molar-refractivity contribution is 7.05. The molecule has 20 heavy (non-hydrogen) atoms. The maximum Gasteiger partial charge on any atom is 0.0807 e. The van der Waals surface area contributed by atoms with Gasteiger partial charge in [0.1, 0.15) is 0 Å². The van der Waals surface area contributed by atoms with Gasteiger partial charge in [0.15, 0.2) is 0 Å². The van der Waals surface area contributed by atoms with Crippen LogP contribution in [0.1, 0.15) is 42.4 Å². The Hall–Kier alpha value is -0.680. The van der Waals surface area contributed by atoms with Crippen LogP contribution >= 0.6 is 34.7 Å². The second kappa shape index (κ2) is 7.36. The lowest BCUT2D eigenvalue weighted by Gasteiger charge is -2.19. The molecule has 1 atom stereocenters. The molecule has 2 aromatic rings. The molecule has 3 nitrogen and oxygen atoms in total. The van der Waals surface area contributed by atoms with E-state index in [0.29, 0.717) is 10.0 Å². The third-order valence-corrected chi connectivity index (χ3v) is 4.70. The summed E-state index contributed by atoms with van der Waals surface area (Å²) in [6.07, 6.45) is 1.96. The first-order valence-corrected chi connectivity index (χ1v) is 8.20. The fraction of sp³-hybridized carbons (Fsp3) is 0.429. The highest BCUT2D eigenvalue weighted by atomic mass is 35.5. The molecule has 0 aliphatic rings. The first-order chi connectivity index (χ1) is 9.69. The highest BCUT2D eigenvalue weighted by Crippen LogP contribution is 2.35. The minimum absolute atomic E-state index is 0.00671. The van der Waals surface area contributed by atoms with E-state index in [0.717, 1.165) is 35.5 Å². The predicted octanol–water partition coefficient (Wildman–Crippen LogP) is 4.50. The van der Waals surface area contributed by atoms with Gasteiger partial charge in [0.25, 0.3) is 0 Å². The molecule has 0 saturated carbocycles. The van der Waals surface area contributed by atoms with Crippen LogP contribution in [0, 0.1) is 0 Å². The van der Waals surface area contributed by atoms with Crippen molar-refractivity contribution in [1.29, 1.82) is 0 Å². The van der Waals surface area contributed by atoms with Gasteiger partial charge in [0.2, 0.25) is 0 Å². The van der Waals surface area contributed by atoms with Gasteiger partial charge in [-0.15, -0.1) is 5.10 Å². The summed E-state index contributed by atoms with van der Waals surface area (Å²) in [5, 5.41) is 8.86. The molecule has 1 unspecified atom stereocenters. The van der Waals surface area contributed by atoms with Crippen LogP contribution in [-0.2, 0) is 6.42 Å². The van der Waals surface area contributed by atoms with Gasteiger partial charge in [0.05, 0.1) is 26.7 Å². The van der Waals surface area contributed by atoms with E-state index in [-0.39, 0.29) is 6.04 Å². The summed E-state index contributed by atoms with van der Waals surface area (Å²) in [5.74, 6) is 0. The molecule has 0 radical (unpaired) electrons. The van der Waals surface area contributed by atoms with Crippen molar-refractivity contribution < 1.29 is 0 Å². The molecule has 1 N–H and O–H groups in total. The zero-order valence-electron chi connectivity index (χ0n) is 11.5. The Morgan fingerprint density at radius 2 is 2.10 bits per heavy atom. The summed E-state index contributed by atoms with van der Waals surface area (Å²) in [6, 6.07) is 5.71. The van der Waals surface area contributed by atoms with Gasteiger partial charge in [0, 0.05) is 0 Å². The van der Waals surface area contributed by atoms with Crippen LogP contribution in [0.2, 0.25) is 10.0 Å². The topological polar surface area (TPSA) is 37.8 Å². The fourth-order valence-corrected chi connectivity index (χ4v) is 3.34. The third-order valence-electron chi connectivity index (χ3n) is 3.03. The molecule has 0 aliphatic heterocycles. The van der Waals surface area contributed by atoms with Gasteiger partial charge in [-0.3, -0.25) is 0 Å². The molecule has 2 rings (SSSR count). The number of hydrogen-bond acceptors (Lipinski definition) is 4. The second-order valence-electron chi connectivity index (χ2n) is 4.47. The maximum absolute atomic E-state index is 6.36. The van der Waals surface area contributed by atoms with Crippen LogP contribution in [0.25, 0.3) is 0 Å². The van der Waals surface area contributed by atoms with E-state index < -0.39 is 0 Å². The zero-order valence-corrected chi connectivity index (χ0v) is 13.8. The van der Waals surface area contributed by atoms with Crippen molar-refractivity contribution in [3.63, 3.8) is 0 Å². The largest absolute Gasteiger partial charge is 0.306 e. The van der Waals surface area contributed by atoms with E-state index in [4.69, 9.17) is 23.2 Å². The smallest absolute Gasteiger partial charge is 0.0807 e. The lowest BCUT2D eigenvalue weighted by molar-refractivity contribution is 0.631. The Balaban J connectivity index is 2.45. The zero-order chi connectivity index (χ0) is 14.5. The molecular formula is C14H17Cl2N3S. The molecule has 0 fully saturated rings.